The molecule has 0 saturated carbocycles. The van der Waals surface area contributed by atoms with E-state index in [9.17, 15) is 18.0 Å². The van der Waals surface area contributed by atoms with Crippen LogP contribution in [0.4, 0.5) is 5.69 Å². The van der Waals surface area contributed by atoms with Crippen LogP contribution >= 0.6 is 0 Å². The van der Waals surface area contributed by atoms with Gasteiger partial charge in [-0.3, -0.25) is 14.3 Å². The molecule has 0 aliphatic carbocycles. The third-order valence-corrected chi connectivity index (χ3v) is 6.88. The van der Waals surface area contributed by atoms with Gasteiger partial charge < -0.3 is 24.8 Å². The zero-order valence-electron chi connectivity index (χ0n) is 21.0. The summed E-state index contributed by atoms with van der Waals surface area (Å²) in [5.74, 6) is 0.482. The molecular formula is C26H29N3O7S. The lowest BCUT2D eigenvalue weighted by atomic mass is 10.1. The highest BCUT2D eigenvalue weighted by Gasteiger charge is 2.22. The van der Waals surface area contributed by atoms with E-state index >= 15 is 0 Å². The second kappa shape index (κ2) is 12.1. The van der Waals surface area contributed by atoms with Crippen LogP contribution in [0.3, 0.4) is 0 Å². The Morgan fingerprint density at radius 2 is 1.46 bits per heavy atom. The number of benzene rings is 3. The standard InChI is InChI=1S/C26H29N3O7S/c1-27-25(30)20-16-18(10-12-22(20)34-2)37(32,33)29-21-8-6-5-7-19(21)26(31)28-14-13-17-9-11-23(35-3)24(15-17)36-4/h5-12,15-16,29H,13-14H2,1-4H3,(H,27,30)(H,28,31). The van der Waals surface area contributed by atoms with E-state index in [-0.39, 0.29) is 27.5 Å². The number of sulfonamides is 1. The van der Waals surface area contributed by atoms with Gasteiger partial charge in [0.15, 0.2) is 11.5 Å². The van der Waals surface area contributed by atoms with Crippen molar-refractivity contribution in [2.45, 2.75) is 11.3 Å². The smallest absolute Gasteiger partial charge is 0.261 e. The monoisotopic (exact) mass is 527 g/mol. The second-order valence-electron chi connectivity index (χ2n) is 7.79. The quantitative estimate of drug-likeness (QED) is 0.349. The Hall–Kier alpha value is -4.25. The molecular weight excluding hydrogens is 498 g/mol. The van der Waals surface area contributed by atoms with E-state index < -0.39 is 21.8 Å². The molecule has 0 aliphatic heterocycles. The number of hydrogen-bond donors (Lipinski definition) is 3. The van der Waals surface area contributed by atoms with Crippen molar-refractivity contribution in [2.24, 2.45) is 0 Å². The molecule has 0 heterocycles. The molecule has 0 saturated heterocycles. The summed E-state index contributed by atoms with van der Waals surface area (Å²) in [5.41, 5.74) is 1.24. The molecule has 0 aliphatic rings. The summed E-state index contributed by atoms with van der Waals surface area (Å²) in [7, 11) is 1.79. The van der Waals surface area contributed by atoms with Crippen molar-refractivity contribution in [3.05, 3.63) is 77.4 Å². The van der Waals surface area contributed by atoms with Gasteiger partial charge in [0.1, 0.15) is 5.75 Å². The van der Waals surface area contributed by atoms with Crippen molar-refractivity contribution in [1.82, 2.24) is 10.6 Å². The van der Waals surface area contributed by atoms with Gasteiger partial charge in [0.25, 0.3) is 21.8 Å². The summed E-state index contributed by atoms with van der Waals surface area (Å²) in [4.78, 5) is 24.9. The lowest BCUT2D eigenvalue weighted by Gasteiger charge is -2.14. The maximum Gasteiger partial charge on any atom is 0.261 e. The second-order valence-corrected chi connectivity index (χ2v) is 9.47. The molecule has 0 fully saturated rings. The van der Waals surface area contributed by atoms with E-state index in [1.54, 1.807) is 32.4 Å². The average molecular weight is 528 g/mol. The summed E-state index contributed by atoms with van der Waals surface area (Å²) >= 11 is 0. The first-order valence-corrected chi connectivity index (χ1v) is 12.7. The fourth-order valence-corrected chi connectivity index (χ4v) is 4.70. The van der Waals surface area contributed by atoms with Crippen LogP contribution in [0.1, 0.15) is 26.3 Å². The molecule has 3 aromatic rings. The van der Waals surface area contributed by atoms with Crippen LogP contribution in [0.15, 0.2) is 65.6 Å². The van der Waals surface area contributed by atoms with E-state index in [1.165, 1.54) is 44.5 Å². The molecule has 11 heteroatoms. The molecule has 3 N–H and O–H groups in total. The number of rotatable bonds is 11. The summed E-state index contributed by atoms with van der Waals surface area (Å²) in [6.07, 6.45) is 0.522. The third-order valence-electron chi connectivity index (χ3n) is 5.52. The molecule has 0 spiro atoms. The highest BCUT2D eigenvalue weighted by molar-refractivity contribution is 7.92. The van der Waals surface area contributed by atoms with Gasteiger partial charge in [-0.15, -0.1) is 0 Å². The van der Waals surface area contributed by atoms with Gasteiger partial charge in [-0.2, -0.15) is 0 Å². The largest absolute Gasteiger partial charge is 0.496 e. The molecule has 0 bridgehead atoms. The van der Waals surface area contributed by atoms with Crippen LogP contribution in [0, 0.1) is 0 Å². The predicted molar refractivity (Wildman–Crippen MR) is 139 cm³/mol. The molecule has 0 unspecified atom stereocenters. The minimum absolute atomic E-state index is 0.0639. The zero-order valence-corrected chi connectivity index (χ0v) is 21.8. The SMILES string of the molecule is CNC(=O)c1cc(S(=O)(=O)Nc2ccccc2C(=O)NCCc2ccc(OC)c(OC)c2)ccc1OC. The van der Waals surface area contributed by atoms with Crippen LogP contribution < -0.4 is 29.6 Å². The van der Waals surface area contributed by atoms with Crippen molar-refractivity contribution >= 4 is 27.5 Å². The Bertz CT molecular complexity index is 1390. The first-order valence-electron chi connectivity index (χ1n) is 11.2. The molecule has 3 aromatic carbocycles. The molecule has 0 aromatic heterocycles. The van der Waals surface area contributed by atoms with Crippen LogP contribution in [0.2, 0.25) is 0 Å². The average Bonchev–Trinajstić information content (AvgIpc) is 2.92. The first kappa shape index (κ1) is 27.3. The molecule has 10 nitrogen and oxygen atoms in total. The highest BCUT2D eigenvalue weighted by atomic mass is 32.2. The minimum Gasteiger partial charge on any atom is -0.496 e. The maximum atomic E-state index is 13.1. The lowest BCUT2D eigenvalue weighted by molar-refractivity contribution is 0.0949. The third kappa shape index (κ3) is 6.50. The van der Waals surface area contributed by atoms with Gasteiger partial charge in [0.05, 0.1) is 43.0 Å². The Kier molecular flexibility index (Phi) is 8.96. The molecule has 3 rings (SSSR count). The topological polar surface area (TPSA) is 132 Å². The van der Waals surface area contributed by atoms with Gasteiger partial charge in [-0.05, 0) is 54.4 Å². The lowest BCUT2D eigenvalue weighted by Crippen LogP contribution is -2.27. The van der Waals surface area contributed by atoms with Crippen LogP contribution in [-0.4, -0.2) is 55.2 Å². The molecule has 2 amide bonds. The number of anilines is 1. The van der Waals surface area contributed by atoms with E-state index in [0.717, 1.165) is 5.56 Å². The summed E-state index contributed by atoms with van der Waals surface area (Å²) in [6.45, 7) is 0.309. The Labute approximate surface area is 216 Å². The van der Waals surface area contributed by atoms with Gasteiger partial charge in [0, 0.05) is 13.6 Å². The van der Waals surface area contributed by atoms with Crippen molar-refractivity contribution < 1.29 is 32.2 Å². The van der Waals surface area contributed by atoms with Crippen LogP contribution in [0.25, 0.3) is 0 Å². The minimum atomic E-state index is -4.13. The Morgan fingerprint density at radius 3 is 2.14 bits per heavy atom. The number of amides is 2. The number of carbonyl (C=O) groups excluding carboxylic acids is 2. The van der Waals surface area contributed by atoms with Crippen molar-refractivity contribution in [3.8, 4) is 17.2 Å². The number of methoxy groups -OCH3 is 3. The molecule has 0 radical (unpaired) electrons. The fourth-order valence-electron chi connectivity index (χ4n) is 3.59. The van der Waals surface area contributed by atoms with Crippen molar-refractivity contribution in [3.63, 3.8) is 0 Å². The number of ether oxygens (including phenoxy) is 3. The fraction of sp³-hybridized carbons (Fsp3) is 0.231. The van der Waals surface area contributed by atoms with Crippen molar-refractivity contribution in [1.29, 1.82) is 0 Å². The molecule has 37 heavy (non-hydrogen) atoms. The Morgan fingerprint density at radius 1 is 0.784 bits per heavy atom. The molecule has 0 atom stereocenters. The zero-order chi connectivity index (χ0) is 27.0. The van der Waals surface area contributed by atoms with E-state index in [2.05, 4.69) is 15.4 Å². The number of nitrogens with one attached hydrogen (secondary N) is 3. The van der Waals surface area contributed by atoms with Gasteiger partial charge in [0.2, 0.25) is 0 Å². The number of para-hydroxylation sites is 1. The Balaban J connectivity index is 1.76. The van der Waals surface area contributed by atoms with Gasteiger partial charge in [-0.25, -0.2) is 8.42 Å². The normalized spacial score (nSPS) is 10.8. The number of carbonyl (C=O) groups is 2. The van der Waals surface area contributed by atoms with E-state index in [1.807, 2.05) is 12.1 Å². The molecule has 196 valence electrons. The van der Waals surface area contributed by atoms with Crippen LogP contribution in [0.5, 0.6) is 17.2 Å². The summed E-state index contributed by atoms with van der Waals surface area (Å²) < 4.78 is 44.4. The maximum absolute atomic E-state index is 13.1. The van der Waals surface area contributed by atoms with Gasteiger partial charge >= 0.3 is 0 Å². The number of hydrogen-bond acceptors (Lipinski definition) is 7. The first-order chi connectivity index (χ1) is 17.7. The predicted octanol–water partition coefficient (Wildman–Crippen LogP) is 2.85. The van der Waals surface area contributed by atoms with E-state index in [0.29, 0.717) is 24.5 Å². The highest BCUT2D eigenvalue weighted by Crippen LogP contribution is 2.28. The van der Waals surface area contributed by atoms with Gasteiger partial charge in [-0.1, -0.05) is 18.2 Å². The summed E-state index contributed by atoms with van der Waals surface area (Å²) in [6, 6.07) is 15.7. The van der Waals surface area contributed by atoms with Crippen LogP contribution in [-0.2, 0) is 16.4 Å². The summed E-state index contributed by atoms with van der Waals surface area (Å²) in [5, 5.41) is 5.26. The van der Waals surface area contributed by atoms with E-state index in [4.69, 9.17) is 14.2 Å². The van der Waals surface area contributed by atoms with Crippen molar-refractivity contribution in [2.75, 3.05) is 39.6 Å².